The Morgan fingerprint density at radius 1 is 1.00 bits per heavy atom. The molecule has 1 unspecified atom stereocenters. The second kappa shape index (κ2) is 9.62. The van der Waals surface area contributed by atoms with E-state index >= 15 is 0 Å². The largest absolute Gasteiger partial charge is 0.493 e. The number of methoxy groups -OCH3 is 2. The van der Waals surface area contributed by atoms with Crippen LogP contribution in [0.25, 0.3) is 0 Å². The summed E-state index contributed by atoms with van der Waals surface area (Å²) in [6.07, 6.45) is 0.264. The SMILES string of the molecule is COc1ccc(CC(CC(=O)O)N(Cc2ccccc2)C(C)=O)cc1OC. The molecule has 0 heterocycles. The van der Waals surface area contributed by atoms with Gasteiger partial charge >= 0.3 is 5.97 Å². The molecule has 27 heavy (non-hydrogen) atoms. The molecule has 2 aromatic carbocycles. The highest BCUT2D eigenvalue weighted by atomic mass is 16.5. The van der Waals surface area contributed by atoms with Gasteiger partial charge in [-0.15, -0.1) is 0 Å². The van der Waals surface area contributed by atoms with Crippen molar-refractivity contribution in [3.05, 3.63) is 59.7 Å². The van der Waals surface area contributed by atoms with Crippen molar-refractivity contribution in [2.45, 2.75) is 32.4 Å². The van der Waals surface area contributed by atoms with Crippen LogP contribution in [0.4, 0.5) is 0 Å². The van der Waals surface area contributed by atoms with Crippen LogP contribution in [-0.4, -0.2) is 42.1 Å². The summed E-state index contributed by atoms with van der Waals surface area (Å²) < 4.78 is 10.6. The number of carboxylic acids is 1. The molecule has 0 aliphatic heterocycles. The maximum atomic E-state index is 12.3. The third-order valence-electron chi connectivity index (χ3n) is 4.37. The van der Waals surface area contributed by atoms with Gasteiger partial charge in [-0.2, -0.15) is 0 Å². The molecule has 2 aromatic rings. The van der Waals surface area contributed by atoms with Crippen molar-refractivity contribution in [3.8, 4) is 11.5 Å². The summed E-state index contributed by atoms with van der Waals surface area (Å²) in [7, 11) is 3.11. The highest BCUT2D eigenvalue weighted by molar-refractivity contribution is 5.75. The van der Waals surface area contributed by atoms with E-state index in [1.54, 1.807) is 25.2 Å². The lowest BCUT2D eigenvalue weighted by molar-refractivity contribution is -0.140. The smallest absolute Gasteiger partial charge is 0.305 e. The minimum atomic E-state index is -0.945. The number of rotatable bonds is 9. The first-order valence-corrected chi connectivity index (χ1v) is 8.68. The number of ether oxygens (including phenoxy) is 2. The molecule has 6 nitrogen and oxygen atoms in total. The van der Waals surface area contributed by atoms with Gasteiger partial charge in [0.05, 0.1) is 20.6 Å². The van der Waals surface area contributed by atoms with E-state index in [0.717, 1.165) is 11.1 Å². The van der Waals surface area contributed by atoms with Gasteiger partial charge in [0.25, 0.3) is 0 Å². The Bertz CT molecular complexity index is 775. The van der Waals surface area contributed by atoms with Crippen molar-refractivity contribution < 1.29 is 24.2 Å². The Morgan fingerprint density at radius 2 is 1.67 bits per heavy atom. The molecule has 0 fully saturated rings. The van der Waals surface area contributed by atoms with Crippen molar-refractivity contribution in [2.24, 2.45) is 0 Å². The fourth-order valence-corrected chi connectivity index (χ4v) is 3.05. The van der Waals surface area contributed by atoms with Gasteiger partial charge in [0.2, 0.25) is 5.91 Å². The van der Waals surface area contributed by atoms with Gasteiger partial charge in [0, 0.05) is 19.5 Å². The first-order valence-electron chi connectivity index (χ1n) is 8.68. The van der Waals surface area contributed by atoms with Gasteiger partial charge in [-0.25, -0.2) is 0 Å². The highest BCUT2D eigenvalue weighted by Crippen LogP contribution is 2.29. The van der Waals surface area contributed by atoms with E-state index in [0.29, 0.717) is 24.5 Å². The first-order chi connectivity index (χ1) is 12.9. The van der Waals surface area contributed by atoms with Crippen LogP contribution < -0.4 is 9.47 Å². The molecular weight excluding hydrogens is 346 g/mol. The fraction of sp³-hybridized carbons (Fsp3) is 0.333. The predicted molar refractivity (Wildman–Crippen MR) is 102 cm³/mol. The molecule has 0 aromatic heterocycles. The molecule has 0 saturated carbocycles. The summed E-state index contributed by atoms with van der Waals surface area (Å²) in [5.41, 5.74) is 1.83. The molecule has 0 aliphatic carbocycles. The predicted octanol–water partition coefficient (Wildman–Crippen LogP) is 3.14. The number of nitrogens with zero attached hydrogens (tertiary/aromatic N) is 1. The maximum absolute atomic E-state index is 12.3. The Balaban J connectivity index is 2.29. The molecule has 0 bridgehead atoms. The monoisotopic (exact) mass is 371 g/mol. The second-order valence-electron chi connectivity index (χ2n) is 6.28. The summed E-state index contributed by atoms with van der Waals surface area (Å²) in [6.45, 7) is 1.83. The Morgan fingerprint density at radius 3 is 2.22 bits per heavy atom. The lowest BCUT2D eigenvalue weighted by Gasteiger charge is -2.30. The molecule has 2 rings (SSSR count). The van der Waals surface area contributed by atoms with E-state index in [1.165, 1.54) is 6.92 Å². The number of hydrogen-bond donors (Lipinski definition) is 1. The molecule has 0 spiro atoms. The lowest BCUT2D eigenvalue weighted by atomic mass is 10.00. The van der Waals surface area contributed by atoms with E-state index < -0.39 is 12.0 Å². The van der Waals surface area contributed by atoms with Gasteiger partial charge in [-0.05, 0) is 29.7 Å². The molecular formula is C21H25NO5. The number of carbonyl (C=O) groups excluding carboxylic acids is 1. The van der Waals surface area contributed by atoms with Gasteiger partial charge in [-0.3, -0.25) is 9.59 Å². The summed E-state index contributed by atoms with van der Waals surface area (Å²) in [6, 6.07) is 14.5. The quantitative estimate of drug-likeness (QED) is 0.733. The zero-order chi connectivity index (χ0) is 19.8. The average Bonchev–Trinajstić information content (AvgIpc) is 2.65. The van der Waals surface area contributed by atoms with E-state index in [2.05, 4.69) is 0 Å². The molecule has 1 N–H and O–H groups in total. The molecule has 0 radical (unpaired) electrons. The van der Waals surface area contributed by atoms with Gasteiger partial charge < -0.3 is 19.5 Å². The summed E-state index contributed by atoms with van der Waals surface area (Å²) >= 11 is 0. The third kappa shape index (κ3) is 5.74. The van der Waals surface area contributed by atoms with Crippen LogP contribution in [0.5, 0.6) is 11.5 Å². The van der Waals surface area contributed by atoms with Crippen molar-refractivity contribution >= 4 is 11.9 Å². The third-order valence-corrected chi connectivity index (χ3v) is 4.37. The lowest BCUT2D eigenvalue weighted by Crippen LogP contribution is -2.41. The number of carbonyl (C=O) groups is 2. The molecule has 1 atom stereocenters. The van der Waals surface area contributed by atoms with Crippen LogP contribution in [0.3, 0.4) is 0 Å². The zero-order valence-corrected chi connectivity index (χ0v) is 15.8. The van der Waals surface area contributed by atoms with Crippen molar-refractivity contribution in [1.82, 2.24) is 4.90 Å². The molecule has 144 valence electrons. The van der Waals surface area contributed by atoms with Gasteiger partial charge in [0.1, 0.15) is 0 Å². The van der Waals surface area contributed by atoms with E-state index in [-0.39, 0.29) is 12.3 Å². The Kier molecular flexibility index (Phi) is 7.23. The normalized spacial score (nSPS) is 11.5. The average molecular weight is 371 g/mol. The molecule has 1 amide bonds. The van der Waals surface area contributed by atoms with E-state index in [1.807, 2.05) is 42.5 Å². The number of benzene rings is 2. The summed E-state index contributed by atoms with van der Waals surface area (Å²) in [5.74, 6) is 0.0654. The number of amides is 1. The summed E-state index contributed by atoms with van der Waals surface area (Å²) in [4.78, 5) is 25.3. The van der Waals surface area contributed by atoms with Gasteiger partial charge in [-0.1, -0.05) is 36.4 Å². The van der Waals surface area contributed by atoms with E-state index in [4.69, 9.17) is 9.47 Å². The number of carboxylic acid groups (broad SMARTS) is 1. The van der Waals surface area contributed by atoms with Crippen LogP contribution in [0.1, 0.15) is 24.5 Å². The maximum Gasteiger partial charge on any atom is 0.305 e. The molecule has 6 heteroatoms. The topological polar surface area (TPSA) is 76.1 Å². The van der Waals surface area contributed by atoms with Crippen molar-refractivity contribution in [3.63, 3.8) is 0 Å². The summed E-state index contributed by atoms with van der Waals surface area (Å²) in [5, 5.41) is 9.36. The van der Waals surface area contributed by atoms with Crippen LogP contribution in [0, 0.1) is 0 Å². The van der Waals surface area contributed by atoms with E-state index in [9.17, 15) is 14.7 Å². The second-order valence-corrected chi connectivity index (χ2v) is 6.28. The number of hydrogen-bond acceptors (Lipinski definition) is 4. The van der Waals surface area contributed by atoms with Crippen LogP contribution in [0.2, 0.25) is 0 Å². The molecule has 0 aliphatic rings. The highest BCUT2D eigenvalue weighted by Gasteiger charge is 2.24. The minimum absolute atomic E-state index is 0.138. The standard InChI is InChI=1S/C21H25NO5/c1-15(23)22(14-16-7-5-4-6-8-16)18(13-21(24)25)11-17-9-10-19(26-2)20(12-17)27-3/h4-10,12,18H,11,13-14H2,1-3H3,(H,24,25). The number of aliphatic carboxylic acids is 1. The fourth-order valence-electron chi connectivity index (χ4n) is 3.05. The zero-order valence-electron chi connectivity index (χ0n) is 15.8. The van der Waals surface area contributed by atoms with Crippen LogP contribution in [-0.2, 0) is 22.6 Å². The Labute approximate surface area is 159 Å². The molecule has 0 saturated heterocycles. The Hall–Kier alpha value is -3.02. The van der Waals surface area contributed by atoms with Crippen molar-refractivity contribution in [2.75, 3.05) is 14.2 Å². The minimum Gasteiger partial charge on any atom is -0.493 e. The van der Waals surface area contributed by atoms with Crippen molar-refractivity contribution in [1.29, 1.82) is 0 Å². The van der Waals surface area contributed by atoms with Gasteiger partial charge in [0.15, 0.2) is 11.5 Å². The first kappa shape index (κ1) is 20.3. The van der Waals surface area contributed by atoms with Crippen LogP contribution >= 0.6 is 0 Å². The van der Waals surface area contributed by atoms with Crippen LogP contribution in [0.15, 0.2) is 48.5 Å².